The third-order valence-corrected chi connectivity index (χ3v) is 3.48. The van der Waals surface area contributed by atoms with E-state index in [1.165, 1.54) is 15.7 Å². The van der Waals surface area contributed by atoms with Crippen LogP contribution in [0.3, 0.4) is 0 Å². The topological polar surface area (TPSA) is 92.7 Å². The lowest BCUT2D eigenvalue weighted by Gasteiger charge is -2.17. The average molecular weight is 284 g/mol. The second kappa shape index (κ2) is 5.54. The fourth-order valence-corrected chi connectivity index (χ4v) is 2.70. The zero-order valence-corrected chi connectivity index (χ0v) is 11.6. The van der Waals surface area contributed by atoms with Gasteiger partial charge in [0.2, 0.25) is 5.82 Å². The molecule has 0 aliphatic carbocycles. The minimum atomic E-state index is -0.459. The van der Waals surface area contributed by atoms with E-state index in [0.717, 1.165) is 6.42 Å². The van der Waals surface area contributed by atoms with Gasteiger partial charge in [0, 0.05) is 5.38 Å². The summed E-state index contributed by atoms with van der Waals surface area (Å²) in [5.41, 5.74) is 0. The second-order valence-corrected chi connectivity index (χ2v) is 5.62. The Kier molecular flexibility index (Phi) is 4.01. The van der Waals surface area contributed by atoms with Crippen molar-refractivity contribution in [3.05, 3.63) is 21.7 Å². The highest BCUT2D eigenvalue weighted by Crippen LogP contribution is 2.29. The third kappa shape index (κ3) is 2.85. The maximum atomic E-state index is 11.1. The van der Waals surface area contributed by atoms with Crippen LogP contribution in [0.15, 0.2) is 11.6 Å². The van der Waals surface area contributed by atoms with Crippen LogP contribution in [0.1, 0.15) is 20.3 Å². The Balaban J connectivity index is 2.30. The molecule has 2 heterocycles. The zero-order valence-electron chi connectivity index (χ0n) is 10.7. The highest BCUT2D eigenvalue weighted by Gasteiger charge is 2.25. The predicted molar refractivity (Wildman–Crippen MR) is 73.7 cm³/mol. The van der Waals surface area contributed by atoms with Gasteiger partial charge in [-0.2, -0.15) is 9.38 Å². The van der Waals surface area contributed by atoms with Crippen LogP contribution in [-0.2, 0) is 0 Å². The first-order valence-electron chi connectivity index (χ1n) is 6.00. The van der Waals surface area contributed by atoms with E-state index in [9.17, 15) is 15.2 Å². The summed E-state index contributed by atoms with van der Waals surface area (Å²) in [5.74, 6) is 0.516. The molecule has 0 aromatic carbocycles. The van der Waals surface area contributed by atoms with Gasteiger partial charge in [0.05, 0.1) is 12.6 Å². The van der Waals surface area contributed by atoms with Crippen molar-refractivity contribution in [2.45, 2.75) is 26.3 Å². The van der Waals surface area contributed by atoms with Crippen LogP contribution in [0.25, 0.3) is 4.96 Å². The predicted octanol–water partition coefficient (Wildman–Crippen LogP) is 2.12. The van der Waals surface area contributed by atoms with E-state index in [1.54, 1.807) is 11.6 Å². The number of fused-ring (bicyclic) bond motifs is 1. The van der Waals surface area contributed by atoms with Crippen LogP contribution in [0.5, 0.6) is 0 Å². The molecule has 0 fully saturated rings. The van der Waals surface area contributed by atoms with Crippen LogP contribution in [-0.4, -0.2) is 32.1 Å². The molecule has 0 bridgehead atoms. The summed E-state index contributed by atoms with van der Waals surface area (Å²) in [7, 11) is 0. The molecule has 0 aliphatic heterocycles. The maximum absolute atomic E-state index is 11.1. The molecule has 0 aliphatic rings. The van der Waals surface area contributed by atoms with Gasteiger partial charge in [-0.25, -0.2) is 0 Å². The second-order valence-electron chi connectivity index (χ2n) is 4.75. The van der Waals surface area contributed by atoms with E-state index in [2.05, 4.69) is 10.3 Å². The summed E-state index contributed by atoms with van der Waals surface area (Å²) in [4.78, 5) is 15.4. The molecule has 104 valence electrons. The number of imidazole rings is 1. The summed E-state index contributed by atoms with van der Waals surface area (Å²) in [6.07, 6.45) is 2.34. The van der Waals surface area contributed by atoms with E-state index >= 15 is 0 Å². The smallest absolute Gasteiger partial charge is 0.372 e. The van der Waals surface area contributed by atoms with Crippen molar-refractivity contribution in [2.75, 3.05) is 11.9 Å². The number of thiazole rings is 1. The maximum Gasteiger partial charge on any atom is 0.372 e. The SMILES string of the molecule is CC(C)C[C@H](CO)Nc1nc2sccn2c1[N+](=O)[O-]. The first-order valence-corrected chi connectivity index (χ1v) is 6.88. The average Bonchev–Trinajstić information content (AvgIpc) is 2.86. The highest BCUT2D eigenvalue weighted by atomic mass is 32.1. The van der Waals surface area contributed by atoms with Gasteiger partial charge in [-0.15, -0.1) is 0 Å². The lowest BCUT2D eigenvalue weighted by atomic mass is 10.0. The van der Waals surface area contributed by atoms with Gasteiger partial charge in [0.1, 0.15) is 6.20 Å². The van der Waals surface area contributed by atoms with Gasteiger partial charge >= 0.3 is 5.82 Å². The van der Waals surface area contributed by atoms with E-state index in [1.807, 2.05) is 13.8 Å². The van der Waals surface area contributed by atoms with Gasteiger partial charge in [-0.1, -0.05) is 25.2 Å². The van der Waals surface area contributed by atoms with E-state index in [-0.39, 0.29) is 24.3 Å². The van der Waals surface area contributed by atoms with E-state index in [0.29, 0.717) is 10.9 Å². The van der Waals surface area contributed by atoms with Gasteiger partial charge < -0.3 is 20.5 Å². The normalized spacial score (nSPS) is 13.1. The third-order valence-electron chi connectivity index (χ3n) is 2.73. The minimum Gasteiger partial charge on any atom is -0.394 e. The molecule has 8 heteroatoms. The Morgan fingerprint density at radius 2 is 2.37 bits per heavy atom. The first kappa shape index (κ1) is 13.8. The molecule has 0 spiro atoms. The molecule has 2 aromatic rings. The molecule has 0 unspecified atom stereocenters. The van der Waals surface area contributed by atoms with Crippen molar-refractivity contribution in [3.8, 4) is 0 Å². The first-order chi connectivity index (χ1) is 9.02. The summed E-state index contributed by atoms with van der Waals surface area (Å²) in [6.45, 7) is 3.98. The molecule has 0 radical (unpaired) electrons. The molecule has 1 atom stereocenters. The Hall–Kier alpha value is -1.67. The van der Waals surface area contributed by atoms with Crippen molar-refractivity contribution in [2.24, 2.45) is 5.92 Å². The number of hydrogen-bond acceptors (Lipinski definition) is 6. The Morgan fingerprint density at radius 3 is 2.95 bits per heavy atom. The van der Waals surface area contributed by atoms with Crippen LogP contribution in [0, 0.1) is 16.0 Å². The molecule has 19 heavy (non-hydrogen) atoms. The van der Waals surface area contributed by atoms with Crippen LogP contribution < -0.4 is 5.32 Å². The number of nitrogens with one attached hydrogen (secondary N) is 1. The Bertz CT molecular complexity index is 578. The monoisotopic (exact) mass is 284 g/mol. The van der Waals surface area contributed by atoms with Crippen molar-refractivity contribution in [1.29, 1.82) is 0 Å². The zero-order chi connectivity index (χ0) is 14.0. The van der Waals surface area contributed by atoms with Gasteiger partial charge in [0.15, 0.2) is 0 Å². The molecule has 7 nitrogen and oxygen atoms in total. The molecule has 0 saturated carbocycles. The number of hydrogen-bond donors (Lipinski definition) is 2. The van der Waals surface area contributed by atoms with Crippen molar-refractivity contribution < 1.29 is 10.0 Å². The standard InChI is InChI=1S/C11H16N4O3S/c1-7(2)5-8(6-16)12-9-10(15(17)18)14-3-4-19-11(14)13-9/h3-4,7-8,12,16H,5-6H2,1-2H3/t8-/m1/s1. The Morgan fingerprint density at radius 1 is 1.63 bits per heavy atom. The molecule has 0 amide bonds. The summed E-state index contributed by atoms with van der Waals surface area (Å²) in [5, 5.41) is 25.2. The van der Waals surface area contributed by atoms with Crippen molar-refractivity contribution in [3.63, 3.8) is 0 Å². The fourth-order valence-electron chi connectivity index (χ4n) is 1.99. The van der Waals surface area contributed by atoms with Gasteiger partial charge in [-0.05, 0) is 17.3 Å². The lowest BCUT2D eigenvalue weighted by molar-refractivity contribution is -0.389. The number of aliphatic hydroxyl groups is 1. The number of anilines is 1. The van der Waals surface area contributed by atoms with E-state index < -0.39 is 4.92 Å². The molecule has 0 saturated heterocycles. The molecular formula is C11H16N4O3S. The Labute approximate surface area is 114 Å². The van der Waals surface area contributed by atoms with Crippen molar-refractivity contribution in [1.82, 2.24) is 9.38 Å². The number of nitro groups is 1. The number of aromatic nitrogens is 2. The van der Waals surface area contributed by atoms with Crippen LogP contribution in [0.2, 0.25) is 0 Å². The molecule has 2 rings (SSSR count). The van der Waals surface area contributed by atoms with Crippen molar-refractivity contribution >= 4 is 27.9 Å². The van der Waals surface area contributed by atoms with Crippen LogP contribution >= 0.6 is 11.3 Å². The number of rotatable bonds is 6. The van der Waals surface area contributed by atoms with Crippen LogP contribution in [0.4, 0.5) is 11.6 Å². The van der Waals surface area contributed by atoms with E-state index in [4.69, 9.17) is 0 Å². The largest absolute Gasteiger partial charge is 0.394 e. The molecular weight excluding hydrogens is 268 g/mol. The van der Waals surface area contributed by atoms with Gasteiger partial charge in [-0.3, -0.25) is 0 Å². The quantitative estimate of drug-likeness (QED) is 0.626. The number of nitrogens with zero attached hydrogens (tertiary/aromatic N) is 3. The molecule has 2 aromatic heterocycles. The summed E-state index contributed by atoms with van der Waals surface area (Å²) in [6, 6.07) is -0.233. The summed E-state index contributed by atoms with van der Waals surface area (Å²) >= 11 is 1.33. The summed E-state index contributed by atoms with van der Waals surface area (Å²) < 4.78 is 1.44. The highest BCUT2D eigenvalue weighted by molar-refractivity contribution is 7.15. The molecule has 2 N–H and O–H groups in total. The minimum absolute atomic E-state index is 0.0828. The van der Waals surface area contributed by atoms with Gasteiger partial charge in [0.25, 0.3) is 4.96 Å². The lowest BCUT2D eigenvalue weighted by Crippen LogP contribution is -2.26. The fraction of sp³-hybridized carbons (Fsp3) is 0.545. The number of aliphatic hydroxyl groups excluding tert-OH is 1.